The summed E-state index contributed by atoms with van der Waals surface area (Å²) in [6.07, 6.45) is 1.74. The molecule has 0 saturated carbocycles. The number of nitrogens with one attached hydrogen (secondary N) is 1. The van der Waals surface area contributed by atoms with Gasteiger partial charge < -0.3 is 4.57 Å². The maximum Gasteiger partial charge on any atom is 0.227 e. The minimum absolute atomic E-state index is 0.119. The summed E-state index contributed by atoms with van der Waals surface area (Å²) in [7, 11) is 0. The summed E-state index contributed by atoms with van der Waals surface area (Å²) in [6, 6.07) is 14.2. The Balaban J connectivity index is 1.72. The Bertz CT molecular complexity index is 857. The first-order valence-corrected chi connectivity index (χ1v) is 8.17. The third-order valence-electron chi connectivity index (χ3n) is 3.88. The first-order valence-electron chi connectivity index (χ1n) is 8.17. The third kappa shape index (κ3) is 3.62. The van der Waals surface area contributed by atoms with Gasteiger partial charge in [0.25, 0.3) is 0 Å². The van der Waals surface area contributed by atoms with E-state index in [4.69, 9.17) is 0 Å². The largest absolute Gasteiger partial charge is 0.310 e. The zero-order chi connectivity index (χ0) is 16.9. The molecule has 2 aromatic carbocycles. The lowest BCUT2D eigenvalue weighted by molar-refractivity contribution is -0.116. The maximum atomic E-state index is 13.2. The highest BCUT2D eigenvalue weighted by Gasteiger charge is 2.12. The molecule has 24 heavy (non-hydrogen) atoms. The van der Waals surface area contributed by atoms with Crippen molar-refractivity contribution < 1.29 is 9.18 Å². The fraction of sp³-hybridized carbons (Fsp3) is 0.263. The number of benzene rings is 2. The van der Waals surface area contributed by atoms with Crippen molar-refractivity contribution in [1.29, 1.82) is 0 Å². The number of carbonyl (C=O) groups excluding carboxylic acids is 1. The molecule has 1 N–H and O–H groups in total. The molecule has 3 rings (SSSR count). The molecule has 0 atom stereocenters. The van der Waals surface area contributed by atoms with Crippen LogP contribution in [0.25, 0.3) is 11.0 Å². The molecule has 0 spiro atoms. The number of amides is 1. The Kier molecular flexibility index (Phi) is 4.89. The van der Waals surface area contributed by atoms with E-state index in [0.717, 1.165) is 29.6 Å². The highest BCUT2D eigenvalue weighted by molar-refractivity contribution is 5.91. The number of imidazole rings is 1. The molecule has 1 aromatic heterocycles. The van der Waals surface area contributed by atoms with Crippen molar-refractivity contribution in [2.75, 3.05) is 5.32 Å². The predicted octanol–water partition coefficient (Wildman–Crippen LogP) is 4.16. The van der Waals surface area contributed by atoms with Crippen LogP contribution in [0.5, 0.6) is 0 Å². The van der Waals surface area contributed by atoms with E-state index < -0.39 is 0 Å². The molecule has 124 valence electrons. The second kappa shape index (κ2) is 7.25. The van der Waals surface area contributed by atoms with Crippen molar-refractivity contribution in [3.8, 4) is 0 Å². The average Bonchev–Trinajstić information content (AvgIpc) is 2.91. The molecular formula is C19H20FN3O. The number of aromatic nitrogens is 2. The van der Waals surface area contributed by atoms with Gasteiger partial charge in [-0.2, -0.15) is 0 Å². The Labute approximate surface area is 140 Å². The minimum atomic E-state index is -0.280. The first kappa shape index (κ1) is 16.2. The van der Waals surface area contributed by atoms with Crippen LogP contribution in [-0.4, -0.2) is 15.5 Å². The number of rotatable bonds is 6. The van der Waals surface area contributed by atoms with E-state index in [1.807, 2.05) is 34.9 Å². The van der Waals surface area contributed by atoms with E-state index >= 15 is 0 Å². The molecule has 3 aromatic rings. The number of halogens is 1. The lowest BCUT2D eigenvalue weighted by atomic mass is 10.1. The summed E-state index contributed by atoms with van der Waals surface area (Å²) >= 11 is 0. The second-order valence-corrected chi connectivity index (χ2v) is 5.75. The number of nitrogens with zero attached hydrogens (tertiary/aromatic N) is 2. The molecule has 0 saturated heterocycles. The fourth-order valence-corrected chi connectivity index (χ4v) is 2.76. The van der Waals surface area contributed by atoms with Gasteiger partial charge in [0.05, 0.1) is 11.0 Å². The summed E-state index contributed by atoms with van der Waals surface area (Å²) in [5.74, 6) is 0.173. The van der Waals surface area contributed by atoms with Gasteiger partial charge in [-0.15, -0.1) is 0 Å². The van der Waals surface area contributed by atoms with Crippen molar-refractivity contribution >= 4 is 22.9 Å². The highest BCUT2D eigenvalue weighted by atomic mass is 19.1. The summed E-state index contributed by atoms with van der Waals surface area (Å²) in [4.78, 5) is 16.8. The van der Waals surface area contributed by atoms with Gasteiger partial charge in [0.1, 0.15) is 5.82 Å². The van der Waals surface area contributed by atoms with E-state index in [1.54, 1.807) is 6.07 Å². The lowest BCUT2D eigenvalue weighted by Gasteiger charge is -2.09. The van der Waals surface area contributed by atoms with Gasteiger partial charge >= 0.3 is 0 Å². The molecule has 0 bridgehead atoms. The van der Waals surface area contributed by atoms with E-state index in [1.165, 1.54) is 12.1 Å². The average molecular weight is 325 g/mol. The summed E-state index contributed by atoms with van der Waals surface area (Å²) < 4.78 is 15.2. The Morgan fingerprint density at radius 1 is 1.21 bits per heavy atom. The van der Waals surface area contributed by atoms with E-state index in [0.29, 0.717) is 18.8 Å². The van der Waals surface area contributed by atoms with Gasteiger partial charge in [-0.05, 0) is 42.7 Å². The van der Waals surface area contributed by atoms with E-state index in [9.17, 15) is 9.18 Å². The number of para-hydroxylation sites is 2. The number of anilines is 1. The molecule has 0 aliphatic heterocycles. The van der Waals surface area contributed by atoms with Crippen LogP contribution >= 0.6 is 0 Å². The predicted molar refractivity (Wildman–Crippen MR) is 93.4 cm³/mol. The van der Waals surface area contributed by atoms with Gasteiger partial charge in [-0.3, -0.25) is 10.1 Å². The van der Waals surface area contributed by atoms with Crippen molar-refractivity contribution in [2.24, 2.45) is 0 Å². The van der Waals surface area contributed by atoms with Crippen LogP contribution < -0.4 is 5.32 Å². The lowest BCUT2D eigenvalue weighted by Crippen LogP contribution is -2.16. The number of hydrogen-bond acceptors (Lipinski definition) is 2. The Morgan fingerprint density at radius 3 is 2.83 bits per heavy atom. The van der Waals surface area contributed by atoms with Gasteiger partial charge in [0, 0.05) is 13.0 Å². The van der Waals surface area contributed by atoms with Gasteiger partial charge in [-0.25, -0.2) is 9.37 Å². The number of carbonyl (C=O) groups is 1. The van der Waals surface area contributed by atoms with Gasteiger partial charge in [0.15, 0.2) is 0 Å². The number of fused-ring (bicyclic) bond motifs is 1. The normalized spacial score (nSPS) is 10.9. The zero-order valence-electron chi connectivity index (χ0n) is 13.6. The SMILES string of the molecule is CCCn1c(NC(=O)CCc2cccc(F)c2)nc2ccccc21. The topological polar surface area (TPSA) is 46.9 Å². The molecule has 0 aliphatic rings. The Morgan fingerprint density at radius 2 is 2.04 bits per heavy atom. The van der Waals surface area contributed by atoms with Crippen molar-refractivity contribution in [3.05, 3.63) is 59.9 Å². The minimum Gasteiger partial charge on any atom is -0.310 e. The molecule has 1 heterocycles. The quantitative estimate of drug-likeness (QED) is 0.740. The van der Waals surface area contributed by atoms with Crippen LogP contribution in [-0.2, 0) is 17.8 Å². The van der Waals surface area contributed by atoms with Gasteiger partial charge in [-0.1, -0.05) is 31.2 Å². The fourth-order valence-electron chi connectivity index (χ4n) is 2.76. The molecule has 0 radical (unpaired) electrons. The van der Waals surface area contributed by atoms with Crippen molar-refractivity contribution in [2.45, 2.75) is 32.7 Å². The van der Waals surface area contributed by atoms with Crippen molar-refractivity contribution in [3.63, 3.8) is 0 Å². The standard InChI is InChI=1S/C19H20FN3O/c1-2-12-23-17-9-4-3-8-16(17)21-19(23)22-18(24)11-10-14-6-5-7-15(20)13-14/h3-9,13H,2,10-12H2,1H3,(H,21,22,24). The molecule has 4 nitrogen and oxygen atoms in total. The molecule has 5 heteroatoms. The monoisotopic (exact) mass is 325 g/mol. The smallest absolute Gasteiger partial charge is 0.227 e. The number of hydrogen-bond donors (Lipinski definition) is 1. The molecule has 0 aliphatic carbocycles. The van der Waals surface area contributed by atoms with Crippen LogP contribution in [0.15, 0.2) is 48.5 Å². The Hall–Kier alpha value is -2.69. The van der Waals surface area contributed by atoms with Crippen LogP contribution in [0.2, 0.25) is 0 Å². The second-order valence-electron chi connectivity index (χ2n) is 5.75. The van der Waals surface area contributed by atoms with Gasteiger partial charge in [0.2, 0.25) is 11.9 Å². The van der Waals surface area contributed by atoms with Crippen molar-refractivity contribution in [1.82, 2.24) is 9.55 Å². The summed E-state index contributed by atoms with van der Waals surface area (Å²) in [6.45, 7) is 2.88. The van der Waals surface area contributed by atoms with Crippen LogP contribution in [0.3, 0.4) is 0 Å². The molecule has 0 unspecified atom stereocenters. The van der Waals surface area contributed by atoms with E-state index in [-0.39, 0.29) is 11.7 Å². The van der Waals surface area contributed by atoms with E-state index in [2.05, 4.69) is 17.2 Å². The third-order valence-corrected chi connectivity index (χ3v) is 3.88. The van der Waals surface area contributed by atoms with Crippen LogP contribution in [0.1, 0.15) is 25.3 Å². The number of aryl methyl sites for hydroxylation is 2. The molecule has 0 fully saturated rings. The molecular weight excluding hydrogens is 305 g/mol. The van der Waals surface area contributed by atoms with Crippen LogP contribution in [0, 0.1) is 5.82 Å². The summed E-state index contributed by atoms with van der Waals surface area (Å²) in [5.41, 5.74) is 2.69. The first-order chi connectivity index (χ1) is 11.7. The highest BCUT2D eigenvalue weighted by Crippen LogP contribution is 2.20. The zero-order valence-corrected chi connectivity index (χ0v) is 13.6. The van der Waals surface area contributed by atoms with Crippen LogP contribution in [0.4, 0.5) is 10.3 Å². The summed E-state index contributed by atoms with van der Waals surface area (Å²) in [5, 5.41) is 2.89. The maximum absolute atomic E-state index is 13.2. The molecule has 1 amide bonds.